The summed E-state index contributed by atoms with van der Waals surface area (Å²) in [5.41, 5.74) is 0.617. The first kappa shape index (κ1) is 55.8. The molecule has 4 rings (SSSR count). The lowest BCUT2D eigenvalue weighted by Crippen LogP contribution is -2.71. The second kappa shape index (κ2) is 21.5. The number of nitrogens with two attached hydrogens (primary N) is 1. The van der Waals surface area contributed by atoms with Gasteiger partial charge < -0.3 is 90.2 Å². The molecule has 0 radical (unpaired) electrons. The molecular formula is C44H78N6O17. The van der Waals surface area contributed by atoms with Crippen LogP contribution in [0.4, 0.5) is 19.2 Å². The van der Waals surface area contributed by atoms with Crippen molar-refractivity contribution in [1.82, 2.24) is 26.2 Å². The maximum atomic E-state index is 13.8. The number of rotatable bonds is 13. The summed E-state index contributed by atoms with van der Waals surface area (Å²) in [5, 5.41) is 57.5. The van der Waals surface area contributed by atoms with Crippen molar-refractivity contribution in [2.45, 2.75) is 211 Å². The quantitative estimate of drug-likeness (QED) is 0.117. The molecule has 14 unspecified atom stereocenters. The Kier molecular flexibility index (Phi) is 17.9. The first-order chi connectivity index (χ1) is 30.6. The van der Waals surface area contributed by atoms with Crippen molar-refractivity contribution in [1.29, 1.82) is 0 Å². The first-order valence-corrected chi connectivity index (χ1v) is 22.9. The molecule has 67 heavy (non-hydrogen) atoms. The van der Waals surface area contributed by atoms with Gasteiger partial charge in [0.2, 0.25) is 5.91 Å². The fourth-order valence-corrected chi connectivity index (χ4v) is 8.40. The first-order valence-electron chi connectivity index (χ1n) is 22.9. The number of hydrogen-bond donors (Lipinski definition) is 9. The van der Waals surface area contributed by atoms with Crippen LogP contribution in [-0.2, 0) is 42.7 Å². The highest BCUT2D eigenvalue weighted by Crippen LogP contribution is 2.49. The predicted octanol–water partition coefficient (Wildman–Crippen LogP) is 1.09. The van der Waals surface area contributed by atoms with Gasteiger partial charge in [-0.05, 0) is 122 Å². The molecule has 4 fully saturated rings. The summed E-state index contributed by atoms with van der Waals surface area (Å²) in [6, 6.07) is -4.77. The zero-order valence-electron chi connectivity index (χ0n) is 41.4. The molecule has 10 N–H and O–H groups in total. The number of nitrogens with one attached hydrogen (secondary N) is 4. The molecule has 2 aliphatic carbocycles. The van der Waals surface area contributed by atoms with Crippen LogP contribution in [0.2, 0.25) is 0 Å². The third kappa shape index (κ3) is 16.1. The molecule has 2 saturated heterocycles. The fraction of sp³-hybridized carbons (Fsp3) is 0.886. The molecular weight excluding hydrogens is 885 g/mol. The van der Waals surface area contributed by atoms with E-state index in [1.807, 2.05) is 0 Å². The van der Waals surface area contributed by atoms with Crippen molar-refractivity contribution in [3.8, 4) is 0 Å². The molecule has 0 aromatic heterocycles. The summed E-state index contributed by atoms with van der Waals surface area (Å²) in [5.74, 6) is -1.04. The van der Waals surface area contributed by atoms with Gasteiger partial charge in [0.25, 0.3) is 0 Å². The Morgan fingerprint density at radius 1 is 0.731 bits per heavy atom. The maximum absolute atomic E-state index is 13.8. The highest BCUT2D eigenvalue weighted by molar-refractivity contribution is 5.81. The predicted molar refractivity (Wildman–Crippen MR) is 237 cm³/mol. The average molecular weight is 963 g/mol. The third-order valence-corrected chi connectivity index (χ3v) is 11.2. The van der Waals surface area contributed by atoms with E-state index in [0.29, 0.717) is 6.42 Å². The molecule has 15 atom stereocenters. The number of carbonyl (C=O) groups is 5. The van der Waals surface area contributed by atoms with Crippen molar-refractivity contribution in [2.24, 2.45) is 17.6 Å². The van der Waals surface area contributed by atoms with Crippen LogP contribution in [0.1, 0.15) is 109 Å². The van der Waals surface area contributed by atoms with Crippen LogP contribution in [0, 0.1) is 11.8 Å². The highest BCUT2D eigenvalue weighted by atomic mass is 16.7. The minimum atomic E-state index is -1.86. The van der Waals surface area contributed by atoms with Crippen LogP contribution in [0.5, 0.6) is 0 Å². The zero-order chi connectivity index (χ0) is 50.8. The van der Waals surface area contributed by atoms with E-state index in [1.54, 1.807) is 83.1 Å². The second-order valence-electron chi connectivity index (χ2n) is 22.1. The van der Waals surface area contributed by atoms with Gasteiger partial charge in [-0.2, -0.15) is 0 Å². The monoisotopic (exact) mass is 963 g/mol. The molecule has 0 aromatic rings. The number of aliphatic hydroxyl groups is 4. The van der Waals surface area contributed by atoms with Crippen molar-refractivity contribution in [3.63, 3.8) is 0 Å². The van der Waals surface area contributed by atoms with Gasteiger partial charge in [0.15, 0.2) is 12.6 Å². The number of ether oxygens (including phenoxy) is 8. The van der Waals surface area contributed by atoms with Gasteiger partial charge in [-0.1, -0.05) is 0 Å². The van der Waals surface area contributed by atoms with Crippen LogP contribution < -0.4 is 27.0 Å². The average Bonchev–Trinajstić information content (AvgIpc) is 3.83. The summed E-state index contributed by atoms with van der Waals surface area (Å²) >= 11 is 0. The van der Waals surface area contributed by atoms with Crippen LogP contribution in [-0.4, -0.2) is 184 Å². The minimum Gasteiger partial charge on any atom is -0.444 e. The zero-order valence-corrected chi connectivity index (χ0v) is 41.4. The summed E-state index contributed by atoms with van der Waals surface area (Å²) in [6.07, 6.45) is -15.3. The van der Waals surface area contributed by atoms with Crippen LogP contribution in [0.3, 0.4) is 0 Å². The largest absolute Gasteiger partial charge is 0.444 e. The number of nitrogens with zero attached hydrogens (tertiary/aromatic N) is 1. The maximum Gasteiger partial charge on any atom is 0.410 e. The van der Waals surface area contributed by atoms with Crippen LogP contribution in [0.15, 0.2) is 0 Å². The molecule has 0 bridgehead atoms. The van der Waals surface area contributed by atoms with Crippen LogP contribution >= 0.6 is 0 Å². The third-order valence-electron chi connectivity index (χ3n) is 11.2. The van der Waals surface area contributed by atoms with E-state index in [2.05, 4.69) is 21.3 Å². The number of alkyl carbamates (subject to hydrolysis) is 3. The number of amides is 5. The van der Waals surface area contributed by atoms with Gasteiger partial charge in [-0.25, -0.2) is 19.2 Å². The van der Waals surface area contributed by atoms with Crippen molar-refractivity contribution >= 4 is 30.3 Å². The standard InChI is InChI=1S/C44H78N6O17/c1-40(2,3)64-36(55)46-16-15-26(51)33(54)47-23-18-24(48-37(56)65-41(4,5)6)31(62-34-25(49-38(57)66-42(7,8)9)17-21-22(19-45)29(21)61-34)27(52)30(23)63-35-28(53)32(44(13,59)20-60-35)50(14)39(58)67-43(10,11)12/h21-32,34-35,51-53,59H,15-20,45H2,1-14H3,(H,46,55)(H,47,54)(H,48,56)(H,49,57)/t21?,22?,23?,24?,25?,26?,27?,28?,29-,30?,31?,32?,34?,35?,44?/m0/s1. The fourth-order valence-electron chi connectivity index (χ4n) is 8.40. The number of aliphatic hydroxyl groups excluding tert-OH is 3. The van der Waals surface area contributed by atoms with Gasteiger partial charge in [0, 0.05) is 19.5 Å². The smallest absolute Gasteiger partial charge is 0.410 e. The molecule has 0 spiro atoms. The molecule has 0 aromatic carbocycles. The Bertz CT molecular complexity index is 1730. The number of carbonyl (C=O) groups excluding carboxylic acids is 5. The summed E-state index contributed by atoms with van der Waals surface area (Å²) < 4.78 is 47.0. The molecule has 2 aliphatic heterocycles. The Morgan fingerprint density at radius 2 is 1.22 bits per heavy atom. The van der Waals surface area contributed by atoms with Gasteiger partial charge >= 0.3 is 24.4 Å². The normalized spacial score (nSPS) is 33.7. The number of likely N-dealkylation sites (N-methyl/N-ethyl adjacent to an activating group) is 1. The van der Waals surface area contributed by atoms with Crippen LogP contribution in [0.25, 0.3) is 0 Å². The van der Waals surface area contributed by atoms with E-state index >= 15 is 0 Å². The molecule has 4 aliphatic rings. The topological polar surface area (TPSA) is 317 Å². The number of hydrogen-bond acceptors (Lipinski definition) is 18. The summed E-state index contributed by atoms with van der Waals surface area (Å²) in [6.45, 7) is 21.0. The summed E-state index contributed by atoms with van der Waals surface area (Å²) in [4.78, 5) is 66.9. The second-order valence-corrected chi connectivity index (χ2v) is 22.1. The van der Waals surface area contributed by atoms with Crippen molar-refractivity contribution in [3.05, 3.63) is 0 Å². The lowest BCUT2D eigenvalue weighted by molar-refractivity contribution is -0.313. The van der Waals surface area contributed by atoms with E-state index in [0.717, 1.165) is 4.90 Å². The van der Waals surface area contributed by atoms with E-state index in [-0.39, 0.29) is 43.9 Å². The Balaban J connectivity index is 1.72. The summed E-state index contributed by atoms with van der Waals surface area (Å²) in [7, 11) is 1.32. The Hall–Kier alpha value is -3.81. The minimum absolute atomic E-state index is 0.0212. The van der Waals surface area contributed by atoms with E-state index in [9.17, 15) is 44.4 Å². The van der Waals surface area contributed by atoms with Crippen molar-refractivity contribution < 1.29 is 82.3 Å². The van der Waals surface area contributed by atoms with E-state index in [1.165, 1.54) is 14.0 Å². The van der Waals surface area contributed by atoms with Crippen molar-refractivity contribution in [2.75, 3.05) is 26.7 Å². The van der Waals surface area contributed by atoms with E-state index < -0.39 is 132 Å². The Morgan fingerprint density at radius 3 is 1.75 bits per heavy atom. The molecule has 2 saturated carbocycles. The Labute approximate surface area is 393 Å². The lowest BCUT2D eigenvalue weighted by Gasteiger charge is -2.50. The lowest BCUT2D eigenvalue weighted by atomic mass is 9.82. The molecule has 23 heteroatoms. The van der Waals surface area contributed by atoms with E-state index in [4.69, 9.17) is 43.6 Å². The molecule has 2 heterocycles. The molecule has 23 nitrogen and oxygen atoms in total. The van der Waals surface area contributed by atoms with Gasteiger partial charge in [0.1, 0.15) is 58.5 Å². The van der Waals surface area contributed by atoms with Gasteiger partial charge in [0.05, 0.1) is 36.9 Å². The van der Waals surface area contributed by atoms with Gasteiger partial charge in [-0.3, -0.25) is 4.79 Å². The highest BCUT2D eigenvalue weighted by Gasteiger charge is 2.59. The molecule has 386 valence electrons. The number of fused-ring (bicyclic) bond motifs is 1. The molecule has 5 amide bonds. The SMILES string of the molecule is CN(C(=O)OC(C)(C)C)C1C(O)C(OC2C(NC(=O)C(O)CCNC(=O)OC(C)(C)C)CC(NC(=O)OC(C)(C)C)C(OC3O[C@@H]4C(CN)C4CC3NC(=O)OC(C)(C)C)C2O)OCC1(C)O. The van der Waals surface area contributed by atoms with Gasteiger partial charge in [-0.15, -0.1) is 0 Å².